The zero-order valence-electron chi connectivity index (χ0n) is 14.2. The Kier molecular flexibility index (Phi) is 6.74. The van der Waals surface area contributed by atoms with Crippen molar-refractivity contribution in [3.8, 4) is 5.75 Å². The number of hydrogen-bond donors (Lipinski definition) is 1. The van der Waals surface area contributed by atoms with Crippen LogP contribution in [0.25, 0.3) is 6.08 Å². The number of benzene rings is 2. The summed E-state index contributed by atoms with van der Waals surface area (Å²) in [7, 11) is 1.49. The summed E-state index contributed by atoms with van der Waals surface area (Å²) in [6.07, 6.45) is 2.54. The lowest BCUT2D eigenvalue weighted by Gasteiger charge is -2.10. The third kappa shape index (κ3) is 5.60. The molecule has 0 aliphatic heterocycles. The van der Waals surface area contributed by atoms with Gasteiger partial charge in [-0.3, -0.25) is 4.79 Å². The first-order valence-corrected chi connectivity index (χ1v) is 8.01. The van der Waals surface area contributed by atoms with Gasteiger partial charge in [-0.15, -0.1) is 0 Å². The molecule has 2 aromatic carbocycles. The Bertz CT molecular complexity index is 851. The van der Waals surface area contributed by atoms with E-state index in [4.69, 9.17) is 21.1 Å². The molecular formula is C19H17ClFNO4. The van der Waals surface area contributed by atoms with Crippen LogP contribution < -0.4 is 10.1 Å². The quantitative estimate of drug-likeness (QED) is 0.610. The van der Waals surface area contributed by atoms with Crippen molar-refractivity contribution in [2.24, 2.45) is 0 Å². The van der Waals surface area contributed by atoms with Gasteiger partial charge in [-0.2, -0.15) is 0 Å². The Morgan fingerprint density at radius 1 is 1.23 bits per heavy atom. The van der Waals surface area contributed by atoms with Crippen LogP contribution in [-0.4, -0.2) is 25.6 Å². The first-order valence-electron chi connectivity index (χ1n) is 7.63. The summed E-state index contributed by atoms with van der Waals surface area (Å²) in [4.78, 5) is 23.6. The first kappa shape index (κ1) is 19.5. The van der Waals surface area contributed by atoms with E-state index in [0.29, 0.717) is 17.0 Å². The molecule has 0 aromatic heterocycles. The third-order valence-electron chi connectivity index (χ3n) is 3.33. The SMILES string of the molecule is COc1ccc(C)cc1NC(=O)COC(=O)/C=C/c1ccc(F)c(Cl)c1. The number of anilines is 1. The van der Waals surface area contributed by atoms with E-state index in [1.807, 2.05) is 13.0 Å². The Morgan fingerprint density at radius 2 is 2.00 bits per heavy atom. The Balaban J connectivity index is 1.88. The fourth-order valence-corrected chi connectivity index (χ4v) is 2.26. The molecule has 0 atom stereocenters. The minimum absolute atomic E-state index is 0.0491. The fraction of sp³-hybridized carbons (Fsp3) is 0.158. The number of aryl methyl sites for hydroxylation is 1. The number of esters is 1. The second kappa shape index (κ2) is 9.01. The Hall–Kier alpha value is -2.86. The van der Waals surface area contributed by atoms with Crippen molar-refractivity contribution in [3.05, 3.63) is 64.4 Å². The van der Waals surface area contributed by atoms with E-state index in [1.54, 1.807) is 12.1 Å². The molecule has 26 heavy (non-hydrogen) atoms. The maximum absolute atomic E-state index is 13.1. The van der Waals surface area contributed by atoms with Gasteiger partial charge in [0.2, 0.25) is 0 Å². The van der Waals surface area contributed by atoms with E-state index in [2.05, 4.69) is 5.32 Å². The van der Waals surface area contributed by atoms with Crippen molar-refractivity contribution in [2.45, 2.75) is 6.92 Å². The number of amides is 1. The highest BCUT2D eigenvalue weighted by Crippen LogP contribution is 2.25. The highest BCUT2D eigenvalue weighted by Gasteiger charge is 2.10. The number of ether oxygens (including phenoxy) is 2. The number of carbonyl (C=O) groups is 2. The van der Waals surface area contributed by atoms with Crippen LogP contribution in [0.3, 0.4) is 0 Å². The minimum atomic E-state index is -0.711. The molecule has 0 bridgehead atoms. The molecule has 0 saturated carbocycles. The number of carbonyl (C=O) groups excluding carboxylic acids is 2. The molecular weight excluding hydrogens is 361 g/mol. The van der Waals surface area contributed by atoms with Crippen molar-refractivity contribution < 1.29 is 23.5 Å². The standard InChI is InChI=1S/C19H17ClFNO4/c1-12-3-7-17(25-2)16(9-12)22-18(23)11-26-19(24)8-5-13-4-6-15(21)14(20)10-13/h3-10H,11H2,1-2H3,(H,22,23)/b8-5+. The van der Waals surface area contributed by atoms with Crippen molar-refractivity contribution in [3.63, 3.8) is 0 Å². The van der Waals surface area contributed by atoms with Crippen LogP contribution in [0.2, 0.25) is 5.02 Å². The van der Waals surface area contributed by atoms with Gasteiger partial charge in [0.05, 0.1) is 17.8 Å². The second-order valence-electron chi connectivity index (χ2n) is 5.37. The highest BCUT2D eigenvalue weighted by molar-refractivity contribution is 6.30. The summed E-state index contributed by atoms with van der Waals surface area (Å²) in [5.74, 6) is -1.25. The number of halogens is 2. The summed E-state index contributed by atoms with van der Waals surface area (Å²) >= 11 is 5.66. The lowest BCUT2D eigenvalue weighted by Crippen LogP contribution is -2.20. The van der Waals surface area contributed by atoms with Crippen molar-refractivity contribution >= 4 is 35.2 Å². The maximum Gasteiger partial charge on any atom is 0.331 e. The highest BCUT2D eigenvalue weighted by atomic mass is 35.5. The molecule has 0 aliphatic rings. The maximum atomic E-state index is 13.1. The third-order valence-corrected chi connectivity index (χ3v) is 3.62. The molecule has 0 spiro atoms. The van der Waals surface area contributed by atoms with Crippen LogP contribution in [0, 0.1) is 12.7 Å². The van der Waals surface area contributed by atoms with E-state index < -0.39 is 24.3 Å². The van der Waals surface area contributed by atoms with E-state index >= 15 is 0 Å². The van der Waals surface area contributed by atoms with E-state index in [1.165, 1.54) is 31.4 Å². The van der Waals surface area contributed by atoms with E-state index in [9.17, 15) is 14.0 Å². The molecule has 0 unspecified atom stereocenters. The largest absolute Gasteiger partial charge is 0.495 e. The summed E-state index contributed by atoms with van der Waals surface area (Å²) in [5.41, 5.74) is 1.96. The van der Waals surface area contributed by atoms with Gasteiger partial charge in [-0.25, -0.2) is 9.18 Å². The Morgan fingerprint density at radius 3 is 2.69 bits per heavy atom. The number of nitrogens with one attached hydrogen (secondary N) is 1. The number of methoxy groups -OCH3 is 1. The lowest BCUT2D eigenvalue weighted by atomic mass is 10.2. The first-order chi connectivity index (χ1) is 12.4. The molecule has 2 rings (SSSR count). The number of rotatable bonds is 6. The Labute approximate surface area is 155 Å². The molecule has 0 radical (unpaired) electrons. The van der Waals surface area contributed by atoms with Crippen LogP contribution >= 0.6 is 11.6 Å². The molecule has 0 saturated heterocycles. The fourth-order valence-electron chi connectivity index (χ4n) is 2.07. The average Bonchev–Trinajstić information content (AvgIpc) is 2.61. The van der Waals surface area contributed by atoms with Crippen LogP contribution in [0.15, 0.2) is 42.5 Å². The van der Waals surface area contributed by atoms with Gasteiger partial charge in [0.15, 0.2) is 6.61 Å². The van der Waals surface area contributed by atoms with Crippen LogP contribution in [-0.2, 0) is 14.3 Å². The summed E-state index contributed by atoms with van der Waals surface area (Å²) in [6.45, 7) is 1.42. The van der Waals surface area contributed by atoms with Crippen LogP contribution in [0.4, 0.5) is 10.1 Å². The van der Waals surface area contributed by atoms with Gasteiger partial charge in [0.1, 0.15) is 11.6 Å². The van der Waals surface area contributed by atoms with E-state index in [-0.39, 0.29) is 5.02 Å². The smallest absolute Gasteiger partial charge is 0.331 e. The van der Waals surface area contributed by atoms with Crippen LogP contribution in [0.1, 0.15) is 11.1 Å². The molecule has 7 heteroatoms. The summed E-state index contributed by atoms with van der Waals surface area (Å²) < 4.78 is 23.1. The van der Waals surface area contributed by atoms with E-state index in [0.717, 1.165) is 11.6 Å². The van der Waals surface area contributed by atoms with Gasteiger partial charge in [0, 0.05) is 6.08 Å². The summed E-state index contributed by atoms with van der Waals surface area (Å²) in [5, 5.41) is 2.57. The van der Waals surface area contributed by atoms with Gasteiger partial charge < -0.3 is 14.8 Å². The monoisotopic (exact) mass is 377 g/mol. The average molecular weight is 378 g/mol. The number of hydrogen-bond acceptors (Lipinski definition) is 4. The summed E-state index contributed by atoms with van der Waals surface area (Å²) in [6, 6.07) is 9.35. The van der Waals surface area contributed by atoms with Crippen molar-refractivity contribution in [2.75, 3.05) is 19.0 Å². The van der Waals surface area contributed by atoms with Gasteiger partial charge in [0.25, 0.3) is 5.91 Å². The second-order valence-corrected chi connectivity index (χ2v) is 5.77. The minimum Gasteiger partial charge on any atom is -0.495 e. The van der Waals surface area contributed by atoms with Gasteiger partial charge in [-0.05, 0) is 48.4 Å². The van der Waals surface area contributed by atoms with Crippen LogP contribution in [0.5, 0.6) is 5.75 Å². The molecule has 1 N–H and O–H groups in total. The molecule has 0 aliphatic carbocycles. The molecule has 136 valence electrons. The normalized spacial score (nSPS) is 10.6. The zero-order chi connectivity index (χ0) is 19.1. The van der Waals surface area contributed by atoms with Crippen molar-refractivity contribution in [1.82, 2.24) is 0 Å². The molecule has 2 aromatic rings. The lowest BCUT2D eigenvalue weighted by molar-refractivity contribution is -0.142. The predicted octanol–water partition coefficient (Wildman–Crippen LogP) is 3.99. The molecule has 0 heterocycles. The topological polar surface area (TPSA) is 64.6 Å². The zero-order valence-corrected chi connectivity index (χ0v) is 15.0. The predicted molar refractivity (Wildman–Crippen MR) is 97.8 cm³/mol. The molecule has 1 amide bonds. The molecule has 0 fully saturated rings. The van der Waals surface area contributed by atoms with Gasteiger partial charge >= 0.3 is 5.97 Å². The van der Waals surface area contributed by atoms with Gasteiger partial charge in [-0.1, -0.05) is 23.7 Å². The van der Waals surface area contributed by atoms with Crippen molar-refractivity contribution in [1.29, 1.82) is 0 Å². The molecule has 5 nitrogen and oxygen atoms in total.